The van der Waals surface area contributed by atoms with Gasteiger partial charge in [-0.15, -0.1) is 0 Å². The van der Waals surface area contributed by atoms with E-state index in [0.717, 1.165) is 19.5 Å². The van der Waals surface area contributed by atoms with Crippen LogP contribution < -0.4 is 67.9 Å². The highest BCUT2D eigenvalue weighted by Crippen LogP contribution is 2.16. The maximum atomic E-state index is 2.26. The van der Waals surface area contributed by atoms with Crippen molar-refractivity contribution < 1.29 is 67.9 Å². The highest BCUT2D eigenvalue weighted by molar-refractivity contribution is 5.61. The van der Waals surface area contributed by atoms with E-state index in [2.05, 4.69) is 116 Å². The van der Waals surface area contributed by atoms with Crippen molar-refractivity contribution in [2.75, 3.05) is 0 Å². The van der Waals surface area contributed by atoms with E-state index in [0.29, 0.717) is 0 Å². The van der Waals surface area contributed by atoms with E-state index in [4.69, 9.17) is 0 Å². The lowest BCUT2D eigenvalue weighted by Crippen LogP contribution is -3.00. The molecule has 0 aromatic carbocycles. The van der Waals surface area contributed by atoms with Crippen molar-refractivity contribution in [3.05, 3.63) is 98.1 Å². The molecule has 0 saturated carbocycles. The average Bonchev–Trinajstić information content (AvgIpc) is 2.76. The monoisotopic (exact) mass is 524 g/mol. The van der Waals surface area contributed by atoms with Gasteiger partial charge < -0.3 is 49.6 Å². The average molecular weight is 526 g/mol. The Morgan fingerprint density at radius 2 is 0.667 bits per heavy atom. The molecule has 0 N–H and O–H groups in total. The highest BCUT2D eigenvalue weighted by atomic mass is 35.5. The summed E-state index contributed by atoms with van der Waals surface area (Å²) in [6.45, 7) is 2.02. The first-order valence-corrected chi connectivity index (χ1v) is 10.1. The second kappa shape index (κ2) is 14.8. The minimum Gasteiger partial charge on any atom is -1.00 e. The first-order chi connectivity index (χ1) is 14.2. The van der Waals surface area contributed by atoms with Crippen molar-refractivity contribution in [1.29, 1.82) is 0 Å². The van der Waals surface area contributed by atoms with Crippen LogP contribution in [0.4, 0.5) is 0 Å². The second-order valence-electron chi connectivity index (χ2n) is 7.51. The minimum atomic E-state index is 0. The number of aryl methyl sites for hydroxylation is 4. The number of pyridine rings is 4. The third kappa shape index (κ3) is 8.56. The summed E-state index contributed by atoms with van der Waals surface area (Å²) in [4.78, 5) is 0. The predicted molar refractivity (Wildman–Crippen MR) is 111 cm³/mol. The molecule has 0 bridgehead atoms. The molecule has 0 unspecified atom stereocenters. The fourth-order valence-electron chi connectivity index (χ4n) is 3.42. The van der Waals surface area contributed by atoms with Gasteiger partial charge in [0.05, 0.1) is 6.42 Å². The van der Waals surface area contributed by atoms with E-state index in [9.17, 15) is 0 Å². The van der Waals surface area contributed by atoms with Crippen LogP contribution in [0.2, 0.25) is 0 Å². The lowest BCUT2D eigenvalue weighted by atomic mass is 10.1. The predicted octanol–water partition coefficient (Wildman–Crippen LogP) is -9.65. The molecule has 0 spiro atoms. The fraction of sp³-hybridized carbons (Fsp3) is 0.200. The van der Waals surface area contributed by atoms with Gasteiger partial charge >= 0.3 is 0 Å². The van der Waals surface area contributed by atoms with Gasteiger partial charge in [0.15, 0.2) is 62.7 Å². The van der Waals surface area contributed by atoms with Crippen molar-refractivity contribution >= 4 is 0 Å². The quantitative estimate of drug-likeness (QED) is 0.222. The van der Waals surface area contributed by atoms with Crippen molar-refractivity contribution in [3.63, 3.8) is 0 Å². The summed E-state index contributed by atoms with van der Waals surface area (Å²) in [7, 11) is 4.08. The van der Waals surface area contributed by atoms with Crippen LogP contribution >= 0.6 is 0 Å². The Morgan fingerprint density at radius 3 is 0.939 bits per heavy atom. The molecule has 0 fully saturated rings. The molecule has 4 aromatic heterocycles. The zero-order chi connectivity index (χ0) is 20.1. The van der Waals surface area contributed by atoms with Gasteiger partial charge in [-0.25, -0.2) is 18.3 Å². The molecule has 176 valence electrons. The molecule has 33 heavy (non-hydrogen) atoms. The van der Waals surface area contributed by atoms with Gasteiger partial charge in [0, 0.05) is 48.5 Å². The van der Waals surface area contributed by atoms with Crippen LogP contribution in [0, 0.1) is 0 Å². The smallest absolute Gasteiger partial charge is 0.169 e. The highest BCUT2D eigenvalue weighted by Gasteiger charge is 2.08. The summed E-state index contributed by atoms with van der Waals surface area (Å²) < 4.78 is 8.62. The van der Waals surface area contributed by atoms with E-state index in [1.165, 1.54) is 22.3 Å². The Morgan fingerprint density at radius 1 is 0.424 bits per heavy atom. The zero-order valence-corrected chi connectivity index (χ0v) is 21.7. The Bertz CT molecular complexity index is 980. The molecule has 0 aliphatic heterocycles. The Labute approximate surface area is 221 Å². The molecule has 4 aromatic rings. The molecule has 8 heteroatoms. The lowest BCUT2D eigenvalue weighted by molar-refractivity contribution is -0.726. The molecule has 0 aliphatic rings. The second-order valence-corrected chi connectivity index (χ2v) is 7.51. The van der Waals surface area contributed by atoms with E-state index in [1.807, 2.05) is 14.1 Å². The van der Waals surface area contributed by atoms with E-state index in [1.54, 1.807) is 0 Å². The maximum absolute atomic E-state index is 2.26. The van der Waals surface area contributed by atoms with Crippen molar-refractivity contribution in [1.82, 2.24) is 0 Å². The summed E-state index contributed by atoms with van der Waals surface area (Å²) >= 11 is 0. The van der Waals surface area contributed by atoms with Gasteiger partial charge in [-0.2, -0.15) is 0 Å². The molecule has 0 saturated heterocycles. The topological polar surface area (TPSA) is 15.5 Å². The van der Waals surface area contributed by atoms with Crippen LogP contribution in [-0.2, 0) is 27.2 Å². The molecule has 4 rings (SSSR count). The Hall–Kier alpha value is -2.24. The summed E-state index contributed by atoms with van der Waals surface area (Å²) in [5, 5.41) is 0. The molecule has 4 heterocycles. The lowest BCUT2D eigenvalue weighted by Gasteiger charge is -2.01. The van der Waals surface area contributed by atoms with Crippen LogP contribution in [0.3, 0.4) is 0 Å². The molecule has 4 nitrogen and oxygen atoms in total. The molecule has 0 amide bonds. The Kier molecular flexibility index (Phi) is 13.8. The largest absolute Gasteiger partial charge is 1.00 e. The van der Waals surface area contributed by atoms with Gasteiger partial charge in [-0.3, -0.25) is 0 Å². The number of rotatable bonds is 6. The number of hydrogen-bond donors (Lipinski definition) is 0. The first kappa shape index (κ1) is 30.8. The molecular weight excluding hydrogens is 498 g/mol. The van der Waals surface area contributed by atoms with Gasteiger partial charge in [0.1, 0.15) is 14.1 Å². The first-order valence-electron chi connectivity index (χ1n) is 10.1. The Balaban J connectivity index is 0.00000256. The fourth-order valence-corrected chi connectivity index (χ4v) is 3.42. The van der Waals surface area contributed by atoms with Gasteiger partial charge in [-0.05, 0) is 22.3 Å². The van der Waals surface area contributed by atoms with Gasteiger partial charge in [0.25, 0.3) is 0 Å². The van der Waals surface area contributed by atoms with Crippen molar-refractivity contribution in [2.24, 2.45) is 14.1 Å². The maximum Gasteiger partial charge on any atom is 0.169 e. The van der Waals surface area contributed by atoms with Crippen LogP contribution in [-0.4, -0.2) is 0 Å². The van der Waals surface area contributed by atoms with Crippen LogP contribution in [0.1, 0.15) is 6.42 Å². The van der Waals surface area contributed by atoms with Crippen LogP contribution in [0.25, 0.3) is 22.3 Å². The number of aromatic nitrogens is 4. The summed E-state index contributed by atoms with van der Waals surface area (Å²) in [6, 6.07) is 17.4. The normalized spacial score (nSPS) is 9.52. The minimum absolute atomic E-state index is 0. The molecule has 0 atom stereocenters. The number of nitrogens with zero attached hydrogens (tertiary/aromatic N) is 4. The van der Waals surface area contributed by atoms with Crippen molar-refractivity contribution in [2.45, 2.75) is 19.5 Å². The van der Waals surface area contributed by atoms with Crippen LogP contribution in [0.15, 0.2) is 98.1 Å². The summed E-state index contributed by atoms with van der Waals surface area (Å²) in [6.07, 6.45) is 18.1. The third-order valence-electron chi connectivity index (χ3n) is 5.24. The third-order valence-corrected chi connectivity index (χ3v) is 5.24. The molecular formula is C25H28Cl4N4. The van der Waals surface area contributed by atoms with E-state index < -0.39 is 0 Å². The molecule has 0 aliphatic carbocycles. The number of hydrogen-bond acceptors (Lipinski definition) is 0. The van der Waals surface area contributed by atoms with Gasteiger partial charge in [0.2, 0.25) is 0 Å². The number of halogens is 4. The zero-order valence-electron chi connectivity index (χ0n) is 18.7. The van der Waals surface area contributed by atoms with E-state index >= 15 is 0 Å². The molecule has 0 radical (unpaired) electrons. The van der Waals surface area contributed by atoms with Crippen molar-refractivity contribution in [3.8, 4) is 22.3 Å². The summed E-state index contributed by atoms with van der Waals surface area (Å²) in [5.74, 6) is 0. The standard InChI is InChI=1S/C25H28N4.4ClH/c1-26-14-4-22(5-15-26)24-8-18-28(19-9-24)12-3-13-29-20-10-25(11-21-29)23-6-16-27(2)17-7-23;;;;/h4-11,14-21H,3,12-13H2,1-2H3;4*1H/q+4;;;;/p-4. The van der Waals surface area contributed by atoms with Gasteiger partial charge in [-0.1, -0.05) is 0 Å². The van der Waals surface area contributed by atoms with Crippen LogP contribution in [0.5, 0.6) is 0 Å². The summed E-state index contributed by atoms with van der Waals surface area (Å²) in [5.41, 5.74) is 5.00. The van der Waals surface area contributed by atoms with E-state index in [-0.39, 0.29) is 49.6 Å². The SMILES string of the molecule is C[n+]1ccc(-c2cc[n+](CCC[n+]3ccc(-c4cc[n+](C)cc4)cc3)cc2)cc1.[Cl-].[Cl-].[Cl-].[Cl-].